The third-order valence-corrected chi connectivity index (χ3v) is 1.26. The molecule has 2 N–H and O–H groups in total. The number of hydrogen-bond acceptors (Lipinski definition) is 2. The first-order chi connectivity index (χ1) is 3.30. The Hall–Kier alpha value is -0.760. The van der Waals surface area contributed by atoms with Crippen molar-refractivity contribution in [3.63, 3.8) is 0 Å². The van der Waals surface area contributed by atoms with Crippen LogP contribution in [0.25, 0.3) is 0 Å². The van der Waals surface area contributed by atoms with E-state index in [1.54, 1.807) is 0 Å². The lowest BCUT2D eigenvalue weighted by Crippen LogP contribution is -2.16. The molecule has 1 unspecified atom stereocenters. The molecule has 5 heteroatoms. The van der Waals surface area contributed by atoms with Crippen LogP contribution in [0.1, 0.15) is 0 Å². The van der Waals surface area contributed by atoms with Crippen LogP contribution >= 0.6 is 8.35 Å². The van der Waals surface area contributed by atoms with Gasteiger partial charge in [-0.15, -0.1) is 0 Å². The standard InChI is InChI=1S/C2H3N2O2P/c5-1-2(6)7-4-3-1/h4,7H,(H,3,5). The lowest BCUT2D eigenvalue weighted by molar-refractivity contribution is 1.10. The van der Waals surface area contributed by atoms with Crippen molar-refractivity contribution in [1.29, 1.82) is 0 Å². The maximum absolute atomic E-state index is 10.1. The molecule has 1 heterocycles. The molecule has 0 fully saturated rings. The minimum atomic E-state index is -0.529. The topological polar surface area (TPSA) is 65.7 Å². The van der Waals surface area contributed by atoms with E-state index in [0.29, 0.717) is 0 Å². The second-order valence-corrected chi connectivity index (χ2v) is 1.99. The van der Waals surface area contributed by atoms with E-state index in [2.05, 4.69) is 9.96 Å². The Morgan fingerprint density at radius 3 is 2.29 bits per heavy atom. The fraction of sp³-hybridized carbons (Fsp3) is 0. The molecule has 0 saturated heterocycles. The van der Waals surface area contributed by atoms with Gasteiger partial charge in [-0.05, 0) is 0 Å². The van der Waals surface area contributed by atoms with Gasteiger partial charge in [0.25, 0.3) is 5.16 Å². The number of nitrogens with one attached hydrogen (secondary N) is 2. The summed E-state index contributed by atoms with van der Waals surface area (Å²) in [6, 6.07) is 0. The fourth-order valence-corrected chi connectivity index (χ4v) is 0.724. The predicted molar refractivity (Wildman–Crippen MR) is 27.2 cm³/mol. The van der Waals surface area contributed by atoms with Crippen molar-refractivity contribution >= 4 is 8.35 Å². The van der Waals surface area contributed by atoms with Crippen LogP contribution in [-0.2, 0) is 0 Å². The van der Waals surface area contributed by atoms with Gasteiger partial charge in [0, 0.05) is 8.35 Å². The number of aromatic nitrogens is 2. The molecule has 0 aliphatic rings. The quantitative estimate of drug-likeness (QED) is 0.433. The zero-order valence-electron chi connectivity index (χ0n) is 3.32. The first kappa shape index (κ1) is 4.40. The number of aromatic amines is 2. The Labute approximate surface area is 39.7 Å². The third-order valence-electron chi connectivity index (χ3n) is 0.558. The number of rotatable bonds is 0. The van der Waals surface area contributed by atoms with Gasteiger partial charge in [0.15, 0.2) is 0 Å². The Kier molecular flexibility index (Phi) is 0.872. The van der Waals surface area contributed by atoms with Crippen molar-refractivity contribution < 1.29 is 0 Å². The van der Waals surface area contributed by atoms with E-state index >= 15 is 0 Å². The second kappa shape index (κ2) is 1.39. The van der Waals surface area contributed by atoms with Gasteiger partial charge >= 0.3 is 5.56 Å². The fourth-order valence-electron chi connectivity index (χ4n) is 0.258. The van der Waals surface area contributed by atoms with Crippen LogP contribution in [0.2, 0.25) is 0 Å². The minimum Gasteiger partial charge on any atom is -0.288 e. The molecule has 0 amide bonds. The highest BCUT2D eigenvalue weighted by Gasteiger charge is 1.85. The van der Waals surface area contributed by atoms with E-state index < -0.39 is 5.56 Å². The molecular weight excluding hydrogens is 115 g/mol. The molecule has 7 heavy (non-hydrogen) atoms. The summed E-state index contributed by atoms with van der Waals surface area (Å²) in [5.74, 6) is 0. The molecule has 38 valence electrons. The molecule has 0 aliphatic carbocycles. The lowest BCUT2D eigenvalue weighted by Gasteiger charge is -1.54. The SMILES string of the molecule is O=c1[nH][nH][pH]c1=O. The molecule has 1 aromatic rings. The van der Waals surface area contributed by atoms with E-state index in [1.807, 2.05) is 0 Å². The monoisotopic (exact) mass is 118 g/mol. The Bertz CT molecular complexity index is 218. The van der Waals surface area contributed by atoms with Crippen molar-refractivity contribution in [2.45, 2.75) is 0 Å². The van der Waals surface area contributed by atoms with E-state index in [-0.39, 0.29) is 13.5 Å². The highest BCUT2D eigenvalue weighted by atomic mass is 31.0. The number of hydrogen-bond donors (Lipinski definition) is 2. The van der Waals surface area contributed by atoms with E-state index in [1.165, 1.54) is 0 Å². The van der Waals surface area contributed by atoms with Gasteiger partial charge in [-0.3, -0.25) is 19.5 Å². The molecule has 4 nitrogen and oxygen atoms in total. The van der Waals surface area contributed by atoms with Crippen molar-refractivity contribution in [2.75, 3.05) is 0 Å². The van der Waals surface area contributed by atoms with Gasteiger partial charge in [0.1, 0.15) is 0 Å². The maximum atomic E-state index is 10.1. The zero-order chi connectivity index (χ0) is 5.28. The van der Waals surface area contributed by atoms with Crippen molar-refractivity contribution in [3.05, 3.63) is 20.3 Å². The third kappa shape index (κ3) is 0.644. The summed E-state index contributed by atoms with van der Waals surface area (Å²) < 4.78 is 0. The maximum Gasteiger partial charge on any atom is 0.315 e. The first-order valence-corrected chi connectivity index (χ1v) is 2.66. The summed E-state index contributed by atoms with van der Waals surface area (Å²) in [6.45, 7) is 0. The Balaban J connectivity index is 3.71. The van der Waals surface area contributed by atoms with Crippen LogP contribution in [0.4, 0.5) is 0 Å². The normalized spacial score (nSPS) is 10.3. The van der Waals surface area contributed by atoms with Crippen molar-refractivity contribution in [3.8, 4) is 0 Å². The van der Waals surface area contributed by atoms with Crippen LogP contribution in [-0.4, -0.2) is 9.96 Å². The summed E-state index contributed by atoms with van der Waals surface area (Å²) in [5.41, 5.74) is -0.529. The molecule has 1 atom stereocenters. The van der Waals surface area contributed by atoms with Crippen LogP contribution in [0.3, 0.4) is 0 Å². The molecule has 0 aromatic carbocycles. The molecule has 0 radical (unpaired) electrons. The van der Waals surface area contributed by atoms with Crippen LogP contribution in [0, 0.1) is 0 Å². The minimum absolute atomic E-state index is 0.0868. The van der Waals surface area contributed by atoms with Gasteiger partial charge < -0.3 is 0 Å². The van der Waals surface area contributed by atoms with Gasteiger partial charge in [-0.1, -0.05) is 0 Å². The highest BCUT2D eigenvalue weighted by molar-refractivity contribution is 7.23. The zero-order valence-corrected chi connectivity index (χ0v) is 4.32. The van der Waals surface area contributed by atoms with Crippen LogP contribution < -0.4 is 10.7 Å². The van der Waals surface area contributed by atoms with E-state index in [4.69, 9.17) is 0 Å². The second-order valence-electron chi connectivity index (χ2n) is 1.03. The Morgan fingerprint density at radius 1 is 1.43 bits per heavy atom. The summed E-state index contributed by atoms with van der Waals surface area (Å²) in [7, 11) is -0.0868. The van der Waals surface area contributed by atoms with Gasteiger partial charge in [0.05, 0.1) is 0 Å². The van der Waals surface area contributed by atoms with Crippen molar-refractivity contribution in [1.82, 2.24) is 9.96 Å². The largest absolute Gasteiger partial charge is 0.315 e. The van der Waals surface area contributed by atoms with Gasteiger partial charge in [0.2, 0.25) is 0 Å². The molecule has 1 aromatic heterocycles. The molecule has 1 rings (SSSR count). The Morgan fingerprint density at radius 2 is 2.14 bits per heavy atom. The number of H-pyrrole nitrogens is 2. The van der Waals surface area contributed by atoms with Crippen molar-refractivity contribution in [2.24, 2.45) is 0 Å². The molecule has 0 bridgehead atoms. The van der Waals surface area contributed by atoms with Gasteiger partial charge in [-0.2, -0.15) is 0 Å². The molecule has 0 saturated carbocycles. The van der Waals surface area contributed by atoms with Gasteiger partial charge in [-0.25, -0.2) is 0 Å². The first-order valence-electron chi connectivity index (χ1n) is 1.66. The lowest BCUT2D eigenvalue weighted by atomic mass is 11.0. The smallest absolute Gasteiger partial charge is 0.288 e. The average Bonchev–Trinajstić information content (AvgIpc) is 1.91. The van der Waals surface area contributed by atoms with Crippen LogP contribution in [0.5, 0.6) is 0 Å². The van der Waals surface area contributed by atoms with E-state index in [9.17, 15) is 9.59 Å². The molecule has 0 aliphatic heterocycles. The predicted octanol–water partition coefficient (Wildman–Crippen LogP) is -0.906. The summed E-state index contributed by atoms with van der Waals surface area (Å²) in [4.78, 5) is 22.6. The summed E-state index contributed by atoms with van der Waals surface area (Å²) in [6.07, 6.45) is 0. The summed E-state index contributed by atoms with van der Waals surface area (Å²) in [5, 5.41) is 1.77. The highest BCUT2D eigenvalue weighted by Crippen LogP contribution is 1.70. The molecular formula is C2H3N2O2P. The van der Waals surface area contributed by atoms with Crippen LogP contribution in [0.15, 0.2) is 9.59 Å². The average molecular weight is 118 g/mol. The van der Waals surface area contributed by atoms with E-state index in [0.717, 1.165) is 0 Å². The summed E-state index contributed by atoms with van der Waals surface area (Å²) >= 11 is 0. The molecule has 0 spiro atoms.